The summed E-state index contributed by atoms with van der Waals surface area (Å²) in [6, 6.07) is 8.08. The van der Waals surface area contributed by atoms with Gasteiger partial charge in [-0.15, -0.1) is 11.3 Å². The third-order valence-electron chi connectivity index (χ3n) is 2.70. The largest absolute Gasteiger partial charge is 0.304 e. The smallest absolute Gasteiger partial charge is 0.193 e. The molecule has 1 aromatic heterocycles. The van der Waals surface area contributed by atoms with Crippen LogP contribution in [0, 0.1) is 0 Å². The Labute approximate surface area is 120 Å². The summed E-state index contributed by atoms with van der Waals surface area (Å²) in [6.07, 6.45) is 1.57. The Balaban J connectivity index is 2.11. The standard InChI is InChI=1S/C14H14N2O3S/c1-19-16-11(9-12(17)14-15-7-8-20-14)13(18)10-5-3-2-4-6-10/h2-8,11,16H,9H2,1H3. The topological polar surface area (TPSA) is 68.3 Å². The molecule has 0 radical (unpaired) electrons. The monoisotopic (exact) mass is 290 g/mol. The normalized spacial score (nSPS) is 12.1. The van der Waals surface area contributed by atoms with Crippen LogP contribution in [0.2, 0.25) is 0 Å². The highest BCUT2D eigenvalue weighted by atomic mass is 32.1. The van der Waals surface area contributed by atoms with Crippen molar-refractivity contribution in [3.8, 4) is 0 Å². The zero-order chi connectivity index (χ0) is 14.4. The zero-order valence-electron chi connectivity index (χ0n) is 10.9. The van der Waals surface area contributed by atoms with E-state index >= 15 is 0 Å². The van der Waals surface area contributed by atoms with Gasteiger partial charge in [0, 0.05) is 23.6 Å². The molecule has 2 aromatic rings. The average molecular weight is 290 g/mol. The minimum atomic E-state index is -0.723. The Morgan fingerprint density at radius 3 is 2.70 bits per heavy atom. The number of rotatable bonds is 7. The van der Waals surface area contributed by atoms with Crippen LogP contribution in [-0.2, 0) is 4.84 Å². The van der Waals surface area contributed by atoms with Crippen molar-refractivity contribution in [1.29, 1.82) is 0 Å². The highest BCUT2D eigenvalue weighted by Gasteiger charge is 2.24. The van der Waals surface area contributed by atoms with Crippen LogP contribution >= 0.6 is 11.3 Å². The first-order valence-corrected chi connectivity index (χ1v) is 6.91. The van der Waals surface area contributed by atoms with E-state index in [9.17, 15) is 9.59 Å². The predicted molar refractivity (Wildman–Crippen MR) is 75.8 cm³/mol. The van der Waals surface area contributed by atoms with Crippen molar-refractivity contribution in [2.75, 3.05) is 7.11 Å². The van der Waals surface area contributed by atoms with Crippen molar-refractivity contribution in [3.05, 3.63) is 52.5 Å². The van der Waals surface area contributed by atoms with Gasteiger partial charge in [-0.1, -0.05) is 30.3 Å². The third kappa shape index (κ3) is 3.57. The molecule has 0 fully saturated rings. The molecule has 0 bridgehead atoms. The highest BCUT2D eigenvalue weighted by Crippen LogP contribution is 2.12. The summed E-state index contributed by atoms with van der Waals surface area (Å²) in [6.45, 7) is 0. The van der Waals surface area contributed by atoms with E-state index in [2.05, 4.69) is 10.5 Å². The Kier molecular flexibility index (Phi) is 5.11. The van der Waals surface area contributed by atoms with Crippen LogP contribution in [0.1, 0.15) is 26.6 Å². The first-order valence-electron chi connectivity index (χ1n) is 6.03. The van der Waals surface area contributed by atoms with Crippen LogP contribution in [0.3, 0.4) is 0 Å². The van der Waals surface area contributed by atoms with E-state index in [1.165, 1.54) is 18.4 Å². The molecule has 2 rings (SSSR count). The Morgan fingerprint density at radius 1 is 1.35 bits per heavy atom. The van der Waals surface area contributed by atoms with Gasteiger partial charge in [0.2, 0.25) is 0 Å². The van der Waals surface area contributed by atoms with E-state index in [1.54, 1.807) is 35.8 Å². The van der Waals surface area contributed by atoms with Crippen molar-refractivity contribution in [1.82, 2.24) is 10.5 Å². The quantitative estimate of drug-likeness (QED) is 0.625. The average Bonchev–Trinajstić information content (AvgIpc) is 3.01. The molecular formula is C14H14N2O3S. The summed E-state index contributed by atoms with van der Waals surface area (Å²) in [5.74, 6) is -0.365. The summed E-state index contributed by atoms with van der Waals surface area (Å²) in [7, 11) is 1.42. The SMILES string of the molecule is CONC(CC(=O)c1nccs1)C(=O)c1ccccc1. The van der Waals surface area contributed by atoms with Gasteiger partial charge in [-0.2, -0.15) is 5.48 Å². The number of hydrogen-bond donors (Lipinski definition) is 1. The van der Waals surface area contributed by atoms with Crippen molar-refractivity contribution in [2.24, 2.45) is 0 Å². The molecule has 0 amide bonds. The fourth-order valence-corrected chi connectivity index (χ4v) is 2.35. The first kappa shape index (κ1) is 14.5. The minimum absolute atomic E-state index is 0.00901. The second-order valence-electron chi connectivity index (χ2n) is 4.07. The van der Waals surface area contributed by atoms with Gasteiger partial charge in [0.1, 0.15) is 6.04 Å². The molecule has 0 saturated heterocycles. The minimum Gasteiger partial charge on any atom is -0.304 e. The summed E-state index contributed by atoms with van der Waals surface area (Å²) in [5, 5.41) is 2.12. The molecule has 0 spiro atoms. The Morgan fingerprint density at radius 2 is 2.10 bits per heavy atom. The molecular weight excluding hydrogens is 276 g/mol. The Hall–Kier alpha value is -1.89. The lowest BCUT2D eigenvalue weighted by atomic mass is 10.0. The van der Waals surface area contributed by atoms with E-state index in [1.807, 2.05) is 6.07 Å². The highest BCUT2D eigenvalue weighted by molar-refractivity contribution is 7.11. The van der Waals surface area contributed by atoms with E-state index in [0.29, 0.717) is 10.6 Å². The van der Waals surface area contributed by atoms with Gasteiger partial charge >= 0.3 is 0 Å². The molecule has 0 saturated carbocycles. The fourth-order valence-electron chi connectivity index (χ4n) is 1.77. The maximum atomic E-state index is 12.3. The van der Waals surface area contributed by atoms with Crippen LogP contribution in [0.25, 0.3) is 0 Å². The molecule has 0 aliphatic rings. The van der Waals surface area contributed by atoms with Gasteiger partial charge < -0.3 is 4.84 Å². The first-order chi connectivity index (χ1) is 9.72. The number of carbonyl (C=O) groups excluding carboxylic acids is 2. The van der Waals surface area contributed by atoms with E-state index in [4.69, 9.17) is 4.84 Å². The van der Waals surface area contributed by atoms with Crippen molar-refractivity contribution in [2.45, 2.75) is 12.5 Å². The van der Waals surface area contributed by atoms with E-state index in [-0.39, 0.29) is 18.0 Å². The van der Waals surface area contributed by atoms with E-state index in [0.717, 1.165) is 0 Å². The van der Waals surface area contributed by atoms with Gasteiger partial charge in [-0.25, -0.2) is 4.98 Å². The number of ketones is 2. The van der Waals surface area contributed by atoms with Crippen molar-refractivity contribution in [3.63, 3.8) is 0 Å². The number of Topliss-reactive ketones (excluding diaryl/α,β-unsaturated/α-hetero) is 2. The fraction of sp³-hybridized carbons (Fsp3) is 0.214. The predicted octanol–water partition coefficient (Wildman–Crippen LogP) is 2.12. The summed E-state index contributed by atoms with van der Waals surface area (Å²) in [4.78, 5) is 33.1. The summed E-state index contributed by atoms with van der Waals surface area (Å²) >= 11 is 1.26. The molecule has 6 heteroatoms. The lowest BCUT2D eigenvalue weighted by molar-refractivity contribution is 0.0473. The number of aromatic nitrogens is 1. The number of carbonyl (C=O) groups is 2. The van der Waals surface area contributed by atoms with Crippen LogP contribution in [-0.4, -0.2) is 29.7 Å². The molecule has 0 aliphatic carbocycles. The number of thiazole rings is 1. The second kappa shape index (κ2) is 7.04. The lowest BCUT2D eigenvalue weighted by Gasteiger charge is -2.14. The van der Waals surface area contributed by atoms with Gasteiger partial charge in [0.15, 0.2) is 16.6 Å². The third-order valence-corrected chi connectivity index (χ3v) is 3.51. The van der Waals surface area contributed by atoms with Crippen LogP contribution in [0.4, 0.5) is 0 Å². The lowest BCUT2D eigenvalue weighted by Crippen LogP contribution is -2.38. The molecule has 20 heavy (non-hydrogen) atoms. The Bertz CT molecular complexity index is 569. The number of hydrogen-bond acceptors (Lipinski definition) is 6. The van der Waals surface area contributed by atoms with Gasteiger partial charge in [-0.3, -0.25) is 9.59 Å². The molecule has 0 aliphatic heterocycles. The summed E-state index contributed by atoms with van der Waals surface area (Å²) < 4.78 is 0. The zero-order valence-corrected chi connectivity index (χ0v) is 11.7. The number of nitrogens with zero attached hydrogens (tertiary/aromatic N) is 1. The number of hydroxylamine groups is 1. The van der Waals surface area contributed by atoms with Gasteiger partial charge in [0.05, 0.1) is 7.11 Å². The molecule has 5 nitrogen and oxygen atoms in total. The maximum absolute atomic E-state index is 12.3. The maximum Gasteiger partial charge on any atom is 0.193 e. The second-order valence-corrected chi connectivity index (χ2v) is 4.96. The molecule has 1 N–H and O–H groups in total. The van der Waals surface area contributed by atoms with Crippen LogP contribution < -0.4 is 5.48 Å². The molecule has 1 unspecified atom stereocenters. The number of nitrogens with one attached hydrogen (secondary N) is 1. The van der Waals surface area contributed by atoms with Gasteiger partial charge in [0.25, 0.3) is 0 Å². The molecule has 1 aromatic carbocycles. The van der Waals surface area contributed by atoms with Crippen LogP contribution in [0.5, 0.6) is 0 Å². The molecule has 1 heterocycles. The van der Waals surface area contributed by atoms with Gasteiger partial charge in [-0.05, 0) is 0 Å². The van der Waals surface area contributed by atoms with Crippen LogP contribution in [0.15, 0.2) is 41.9 Å². The van der Waals surface area contributed by atoms with Crippen molar-refractivity contribution < 1.29 is 14.4 Å². The molecule has 104 valence electrons. The number of benzene rings is 1. The molecule has 1 atom stereocenters. The van der Waals surface area contributed by atoms with E-state index < -0.39 is 6.04 Å². The summed E-state index contributed by atoms with van der Waals surface area (Å²) in [5.41, 5.74) is 3.12. The van der Waals surface area contributed by atoms with Crippen molar-refractivity contribution >= 4 is 22.9 Å².